The summed E-state index contributed by atoms with van der Waals surface area (Å²) in [5.74, 6) is 1.75. The van der Waals surface area contributed by atoms with E-state index in [4.69, 9.17) is 14.2 Å². The summed E-state index contributed by atoms with van der Waals surface area (Å²) in [6.07, 6.45) is 0.602. The Balaban J connectivity index is 2.24. The Morgan fingerprint density at radius 2 is 1.85 bits per heavy atom. The zero-order valence-corrected chi connectivity index (χ0v) is 16.9. The van der Waals surface area contributed by atoms with Crippen molar-refractivity contribution < 1.29 is 23.8 Å². The normalized spacial score (nSPS) is 17.8. The molecule has 2 rings (SSSR count). The maximum atomic E-state index is 12.6. The molecule has 1 unspecified atom stereocenters. The molecule has 6 nitrogen and oxygen atoms in total. The first-order chi connectivity index (χ1) is 12.3. The molecule has 0 saturated carbocycles. The van der Waals surface area contributed by atoms with Crippen LogP contribution in [0.5, 0.6) is 11.5 Å². The lowest BCUT2D eigenvalue weighted by atomic mass is 10.1. The quantitative estimate of drug-likeness (QED) is 0.704. The number of nitrogens with zero attached hydrogens (tertiary/aromatic N) is 1. The van der Waals surface area contributed by atoms with E-state index in [1.165, 1.54) is 0 Å². The van der Waals surface area contributed by atoms with Gasteiger partial charge in [-0.2, -0.15) is 0 Å². The largest absolute Gasteiger partial charge is 0.496 e. The van der Waals surface area contributed by atoms with Gasteiger partial charge in [0.1, 0.15) is 22.5 Å². The maximum absolute atomic E-state index is 12.6. The number of thioether (sulfide) groups is 1. The fourth-order valence-corrected chi connectivity index (χ4v) is 4.15. The van der Waals surface area contributed by atoms with Gasteiger partial charge in [-0.25, -0.2) is 0 Å². The van der Waals surface area contributed by atoms with E-state index >= 15 is 0 Å². The molecule has 1 heterocycles. The molecule has 7 heteroatoms. The molecular formula is C19H27NO5S. The molecule has 0 aliphatic carbocycles. The van der Waals surface area contributed by atoms with Gasteiger partial charge in [0.2, 0.25) is 5.91 Å². The first kappa shape index (κ1) is 20.4. The zero-order valence-electron chi connectivity index (χ0n) is 16.0. The molecule has 1 atom stereocenters. The first-order valence-electron chi connectivity index (χ1n) is 8.60. The molecule has 0 radical (unpaired) electrons. The molecule has 26 heavy (non-hydrogen) atoms. The van der Waals surface area contributed by atoms with Crippen molar-refractivity contribution in [1.82, 2.24) is 4.90 Å². The van der Waals surface area contributed by atoms with Gasteiger partial charge in [-0.15, -0.1) is 11.8 Å². The van der Waals surface area contributed by atoms with Crippen molar-refractivity contribution in [1.29, 1.82) is 0 Å². The lowest BCUT2D eigenvalue weighted by Crippen LogP contribution is -2.39. The van der Waals surface area contributed by atoms with Crippen LogP contribution < -0.4 is 9.47 Å². The highest BCUT2D eigenvalue weighted by Gasteiger charge is 2.34. The number of methoxy groups -OCH3 is 2. The van der Waals surface area contributed by atoms with E-state index in [2.05, 4.69) is 0 Å². The van der Waals surface area contributed by atoms with Crippen LogP contribution in [0.1, 0.15) is 44.6 Å². The van der Waals surface area contributed by atoms with E-state index in [1.807, 2.05) is 39.0 Å². The Morgan fingerprint density at radius 3 is 2.38 bits per heavy atom. The molecule has 144 valence electrons. The van der Waals surface area contributed by atoms with Crippen molar-refractivity contribution in [2.75, 3.05) is 26.5 Å². The van der Waals surface area contributed by atoms with Crippen molar-refractivity contribution in [3.05, 3.63) is 23.8 Å². The highest BCUT2D eigenvalue weighted by Crippen LogP contribution is 2.45. The molecule has 1 aliphatic heterocycles. The van der Waals surface area contributed by atoms with Crippen LogP contribution in [-0.4, -0.2) is 48.9 Å². The minimum absolute atomic E-state index is 0.0188. The molecule has 1 aromatic carbocycles. The van der Waals surface area contributed by atoms with E-state index < -0.39 is 5.60 Å². The van der Waals surface area contributed by atoms with Gasteiger partial charge in [0.15, 0.2) is 0 Å². The van der Waals surface area contributed by atoms with Crippen molar-refractivity contribution in [3.63, 3.8) is 0 Å². The van der Waals surface area contributed by atoms with Gasteiger partial charge in [-0.1, -0.05) is 6.07 Å². The topological polar surface area (TPSA) is 65.1 Å². The standard InChI is InChI=1S/C19H27NO5S/c1-19(2,3)25-16(22)9-11-20-15(21)10-12-26-18(20)17-13(23-4)7-6-8-14(17)24-5/h6-8,18H,9-12H2,1-5H3. The van der Waals surface area contributed by atoms with Gasteiger partial charge in [0.25, 0.3) is 0 Å². The van der Waals surface area contributed by atoms with Crippen LogP contribution in [-0.2, 0) is 14.3 Å². The average Bonchev–Trinajstić information content (AvgIpc) is 2.58. The van der Waals surface area contributed by atoms with Crippen LogP contribution in [0.25, 0.3) is 0 Å². The van der Waals surface area contributed by atoms with Crippen LogP contribution >= 0.6 is 11.8 Å². The van der Waals surface area contributed by atoms with Crippen molar-refractivity contribution in [2.24, 2.45) is 0 Å². The van der Waals surface area contributed by atoms with Crippen LogP contribution in [0.15, 0.2) is 18.2 Å². The van der Waals surface area contributed by atoms with Crippen molar-refractivity contribution in [2.45, 2.75) is 44.6 Å². The summed E-state index contributed by atoms with van der Waals surface area (Å²) in [7, 11) is 3.19. The minimum atomic E-state index is -0.539. The molecule has 0 aromatic heterocycles. The smallest absolute Gasteiger partial charge is 0.308 e. The number of hydrogen-bond donors (Lipinski definition) is 0. The molecule has 1 aliphatic rings. The maximum Gasteiger partial charge on any atom is 0.308 e. The van der Waals surface area contributed by atoms with Gasteiger partial charge in [-0.3, -0.25) is 9.59 Å². The number of carbonyl (C=O) groups is 2. The average molecular weight is 381 g/mol. The van der Waals surface area contributed by atoms with E-state index in [0.717, 1.165) is 5.56 Å². The summed E-state index contributed by atoms with van der Waals surface area (Å²) >= 11 is 1.65. The second kappa shape index (κ2) is 8.66. The summed E-state index contributed by atoms with van der Waals surface area (Å²) in [5.41, 5.74) is 0.281. The third-order valence-corrected chi connectivity index (χ3v) is 5.13. The Bertz CT molecular complexity index is 634. The third kappa shape index (κ3) is 5.06. The number of benzene rings is 1. The van der Waals surface area contributed by atoms with Gasteiger partial charge in [0, 0.05) is 18.7 Å². The lowest BCUT2D eigenvalue weighted by molar-refractivity contribution is -0.155. The fourth-order valence-electron chi connectivity index (χ4n) is 2.83. The Hall–Kier alpha value is -1.89. The van der Waals surface area contributed by atoms with Crippen molar-refractivity contribution >= 4 is 23.6 Å². The number of ether oxygens (including phenoxy) is 3. The molecule has 1 aromatic rings. The number of carbonyl (C=O) groups excluding carboxylic acids is 2. The van der Waals surface area contributed by atoms with Gasteiger partial charge in [-0.05, 0) is 32.9 Å². The minimum Gasteiger partial charge on any atom is -0.496 e. The summed E-state index contributed by atoms with van der Waals surface area (Å²) < 4.78 is 16.3. The highest BCUT2D eigenvalue weighted by molar-refractivity contribution is 7.99. The summed E-state index contributed by atoms with van der Waals surface area (Å²) in [5, 5.41) is -0.259. The number of esters is 1. The SMILES string of the molecule is COc1cccc(OC)c1C1SCCC(=O)N1CCC(=O)OC(C)(C)C. The monoisotopic (exact) mass is 381 g/mol. The number of hydrogen-bond acceptors (Lipinski definition) is 6. The van der Waals surface area contributed by atoms with Gasteiger partial charge in [0.05, 0.1) is 26.2 Å². The number of amides is 1. The van der Waals surface area contributed by atoms with Crippen LogP contribution in [0.3, 0.4) is 0 Å². The predicted molar refractivity (Wildman–Crippen MR) is 102 cm³/mol. The van der Waals surface area contributed by atoms with Gasteiger partial charge >= 0.3 is 5.97 Å². The Labute approximate surface area is 159 Å². The zero-order chi connectivity index (χ0) is 19.3. The molecule has 0 N–H and O–H groups in total. The van der Waals surface area contributed by atoms with E-state index in [9.17, 15) is 9.59 Å². The van der Waals surface area contributed by atoms with Crippen LogP contribution in [0.2, 0.25) is 0 Å². The van der Waals surface area contributed by atoms with Crippen LogP contribution in [0.4, 0.5) is 0 Å². The second-order valence-electron chi connectivity index (χ2n) is 6.97. The molecule has 1 amide bonds. The Morgan fingerprint density at radius 1 is 1.23 bits per heavy atom. The van der Waals surface area contributed by atoms with Gasteiger partial charge < -0.3 is 19.1 Å². The molecule has 1 saturated heterocycles. The van der Waals surface area contributed by atoms with Crippen LogP contribution in [0, 0.1) is 0 Å². The van der Waals surface area contributed by atoms with E-state index in [1.54, 1.807) is 30.9 Å². The van der Waals surface area contributed by atoms with Crippen molar-refractivity contribution in [3.8, 4) is 11.5 Å². The predicted octanol–water partition coefficient (Wildman–Crippen LogP) is 3.40. The number of rotatable bonds is 6. The third-order valence-electron chi connectivity index (χ3n) is 3.88. The summed E-state index contributed by atoms with van der Waals surface area (Å²) in [6, 6.07) is 5.55. The molecule has 1 fully saturated rings. The molecular weight excluding hydrogens is 354 g/mol. The fraction of sp³-hybridized carbons (Fsp3) is 0.579. The lowest BCUT2D eigenvalue weighted by Gasteiger charge is -2.36. The molecule has 0 spiro atoms. The molecule has 0 bridgehead atoms. The first-order valence-corrected chi connectivity index (χ1v) is 9.65. The summed E-state index contributed by atoms with van der Waals surface area (Å²) in [6.45, 7) is 5.78. The Kier molecular flexibility index (Phi) is 6.81. The summed E-state index contributed by atoms with van der Waals surface area (Å²) in [4.78, 5) is 26.4. The van der Waals surface area contributed by atoms with E-state index in [-0.39, 0.29) is 23.7 Å². The highest BCUT2D eigenvalue weighted by atomic mass is 32.2. The van der Waals surface area contributed by atoms with E-state index in [0.29, 0.717) is 30.2 Å². The second-order valence-corrected chi connectivity index (χ2v) is 8.16.